The van der Waals surface area contributed by atoms with Crippen molar-refractivity contribution in [2.45, 2.75) is 41.5 Å². The van der Waals surface area contributed by atoms with Gasteiger partial charge < -0.3 is 10.0 Å². The molecule has 2 aromatic heterocycles. The molecule has 0 saturated heterocycles. The maximum Gasteiger partial charge on any atom is 0.488 e. The average Bonchev–Trinajstić information content (AvgIpc) is 3.03. The first-order valence-corrected chi connectivity index (χ1v) is 15.6. The van der Waals surface area contributed by atoms with E-state index < -0.39 is 7.12 Å². The minimum absolute atomic E-state index is 0.525. The second-order valence-electron chi connectivity index (χ2n) is 11.5. The summed E-state index contributed by atoms with van der Waals surface area (Å²) >= 11 is 5.79. The Bertz CT molecular complexity index is 1810. The molecule has 4 nitrogen and oxygen atoms in total. The third kappa shape index (κ3) is 9.24. The van der Waals surface area contributed by atoms with Crippen molar-refractivity contribution >= 4 is 24.2 Å². The maximum absolute atomic E-state index is 8.58. The molecule has 0 radical (unpaired) electrons. The van der Waals surface area contributed by atoms with Crippen LogP contribution in [0.2, 0.25) is 5.15 Å². The number of aromatic nitrogens is 2. The smallest absolute Gasteiger partial charge is 0.423 e. The first-order chi connectivity index (χ1) is 22.0. The molecule has 0 saturated carbocycles. The second-order valence-corrected chi connectivity index (χ2v) is 11.9. The summed E-state index contributed by atoms with van der Waals surface area (Å²) in [5.74, 6) is 0. The van der Waals surface area contributed by atoms with E-state index in [-0.39, 0.29) is 0 Å². The standard InChI is InChI=1S/C20H19N.C14H14ClN.C6H7BO2/c1-14-11-15(2)20(16(3)12-14)18-9-10-19(21-13-18)17-7-5-4-6-8-17;1-9-6-10(2)14(11(3)7-9)12-4-5-13(15)16-8-12;8-7(9)6-4-2-1-3-5-6/h4-13H,1-3H3;4-8H,1-3H3;1-5,8-9H. The highest BCUT2D eigenvalue weighted by molar-refractivity contribution is 6.58. The van der Waals surface area contributed by atoms with E-state index in [9.17, 15) is 0 Å². The first-order valence-electron chi connectivity index (χ1n) is 15.2. The molecule has 0 aliphatic heterocycles. The van der Waals surface area contributed by atoms with Crippen molar-refractivity contribution in [3.63, 3.8) is 0 Å². The van der Waals surface area contributed by atoms with Gasteiger partial charge in [-0.1, -0.05) is 114 Å². The molecule has 0 bridgehead atoms. The monoisotopic (exact) mass is 626 g/mol. The van der Waals surface area contributed by atoms with Gasteiger partial charge in [0.2, 0.25) is 0 Å². The molecule has 0 atom stereocenters. The van der Waals surface area contributed by atoms with Gasteiger partial charge in [-0.15, -0.1) is 0 Å². The number of nitrogens with zero attached hydrogens (tertiary/aromatic N) is 2. The van der Waals surface area contributed by atoms with Gasteiger partial charge >= 0.3 is 7.12 Å². The summed E-state index contributed by atoms with van der Waals surface area (Å²) in [6.45, 7) is 12.8. The van der Waals surface area contributed by atoms with Crippen LogP contribution in [0.4, 0.5) is 0 Å². The van der Waals surface area contributed by atoms with E-state index in [2.05, 4.69) is 100 Å². The van der Waals surface area contributed by atoms with Gasteiger partial charge in [0.15, 0.2) is 0 Å². The third-order valence-corrected chi connectivity index (χ3v) is 7.81. The van der Waals surface area contributed by atoms with Gasteiger partial charge in [-0.25, -0.2) is 4.98 Å². The molecule has 0 unspecified atom stereocenters. The van der Waals surface area contributed by atoms with Crippen LogP contribution in [0.25, 0.3) is 33.5 Å². The summed E-state index contributed by atoms with van der Waals surface area (Å²) in [6.07, 6.45) is 3.81. The lowest BCUT2D eigenvalue weighted by Gasteiger charge is -2.12. The molecule has 4 aromatic carbocycles. The van der Waals surface area contributed by atoms with Crippen molar-refractivity contribution in [2.24, 2.45) is 0 Å². The summed E-state index contributed by atoms with van der Waals surface area (Å²) in [6, 6.07) is 35.9. The van der Waals surface area contributed by atoms with Crippen LogP contribution in [-0.2, 0) is 0 Å². The van der Waals surface area contributed by atoms with E-state index in [1.54, 1.807) is 24.3 Å². The van der Waals surface area contributed by atoms with E-state index >= 15 is 0 Å². The lowest BCUT2D eigenvalue weighted by atomic mass is 9.81. The van der Waals surface area contributed by atoms with Crippen molar-refractivity contribution in [3.8, 4) is 33.5 Å². The Kier molecular flexibility index (Phi) is 12.0. The molecule has 6 rings (SSSR count). The molecule has 6 aromatic rings. The largest absolute Gasteiger partial charge is 0.488 e. The Morgan fingerprint density at radius 1 is 0.500 bits per heavy atom. The SMILES string of the molecule is Cc1cc(C)c(-c2ccc(-c3ccccc3)nc2)c(C)c1.Cc1cc(C)c(-c2ccc(Cl)nc2)c(C)c1.OB(O)c1ccccc1. The van der Waals surface area contributed by atoms with E-state index in [0.717, 1.165) is 16.8 Å². The molecule has 6 heteroatoms. The van der Waals surface area contributed by atoms with Crippen LogP contribution in [0.5, 0.6) is 0 Å². The van der Waals surface area contributed by atoms with E-state index in [1.165, 1.54) is 50.1 Å². The molecule has 0 aliphatic rings. The number of aryl methyl sites for hydroxylation is 6. The summed E-state index contributed by atoms with van der Waals surface area (Å²) in [7, 11) is -1.34. The Morgan fingerprint density at radius 2 is 0.935 bits per heavy atom. The first kappa shape index (κ1) is 34.3. The van der Waals surface area contributed by atoms with Gasteiger partial charge in [0, 0.05) is 29.1 Å². The summed E-state index contributed by atoms with van der Waals surface area (Å²) < 4.78 is 0. The lowest BCUT2D eigenvalue weighted by Crippen LogP contribution is -2.29. The topological polar surface area (TPSA) is 66.2 Å². The summed E-state index contributed by atoms with van der Waals surface area (Å²) in [5, 5.41) is 17.7. The van der Waals surface area contributed by atoms with E-state index in [1.807, 2.05) is 48.8 Å². The predicted molar refractivity (Wildman–Crippen MR) is 194 cm³/mol. The van der Waals surface area contributed by atoms with Gasteiger partial charge in [0.25, 0.3) is 0 Å². The Balaban J connectivity index is 0.000000170. The van der Waals surface area contributed by atoms with Gasteiger partial charge in [0.1, 0.15) is 5.15 Å². The summed E-state index contributed by atoms with van der Waals surface area (Å²) in [5.41, 5.74) is 15.3. The van der Waals surface area contributed by atoms with Gasteiger partial charge in [0.05, 0.1) is 5.69 Å². The van der Waals surface area contributed by atoms with Crippen LogP contribution < -0.4 is 5.46 Å². The van der Waals surface area contributed by atoms with Crippen LogP contribution in [0, 0.1) is 41.5 Å². The van der Waals surface area contributed by atoms with Gasteiger partial charge in [-0.2, -0.15) is 0 Å². The molecule has 2 N–H and O–H groups in total. The third-order valence-electron chi connectivity index (χ3n) is 7.59. The molecule has 2 heterocycles. The van der Waals surface area contributed by atoms with Gasteiger partial charge in [-0.3, -0.25) is 4.98 Å². The average molecular weight is 627 g/mol. The zero-order valence-corrected chi connectivity index (χ0v) is 28.0. The van der Waals surface area contributed by atoms with Crippen LogP contribution in [0.15, 0.2) is 122 Å². The van der Waals surface area contributed by atoms with Crippen molar-refractivity contribution in [3.05, 3.63) is 160 Å². The highest BCUT2D eigenvalue weighted by Gasteiger charge is 2.09. The zero-order chi connectivity index (χ0) is 33.2. The fraction of sp³-hybridized carbons (Fsp3) is 0.150. The Morgan fingerprint density at radius 3 is 1.30 bits per heavy atom. The number of hydrogen-bond acceptors (Lipinski definition) is 4. The number of rotatable bonds is 4. The zero-order valence-electron chi connectivity index (χ0n) is 27.3. The maximum atomic E-state index is 8.58. The minimum atomic E-state index is -1.34. The second kappa shape index (κ2) is 16.1. The molecule has 0 aliphatic carbocycles. The lowest BCUT2D eigenvalue weighted by molar-refractivity contribution is 0.426. The normalized spacial score (nSPS) is 10.3. The Labute approximate surface area is 278 Å². The number of benzene rings is 4. The van der Waals surface area contributed by atoms with E-state index in [0.29, 0.717) is 10.6 Å². The molecule has 0 fully saturated rings. The van der Waals surface area contributed by atoms with Crippen molar-refractivity contribution in [2.75, 3.05) is 0 Å². The molecule has 0 spiro atoms. The highest BCUT2D eigenvalue weighted by atomic mass is 35.5. The van der Waals surface area contributed by atoms with Crippen LogP contribution in [0.3, 0.4) is 0 Å². The molecule has 232 valence electrons. The number of pyridine rings is 2. The molecular weight excluding hydrogens is 587 g/mol. The quantitative estimate of drug-likeness (QED) is 0.151. The van der Waals surface area contributed by atoms with Crippen molar-refractivity contribution in [1.82, 2.24) is 9.97 Å². The minimum Gasteiger partial charge on any atom is -0.423 e. The van der Waals surface area contributed by atoms with Crippen LogP contribution >= 0.6 is 11.6 Å². The van der Waals surface area contributed by atoms with Crippen LogP contribution in [-0.4, -0.2) is 27.1 Å². The van der Waals surface area contributed by atoms with E-state index in [4.69, 9.17) is 21.6 Å². The number of hydrogen-bond donors (Lipinski definition) is 2. The molecular formula is C40H40BClN2O2. The van der Waals surface area contributed by atoms with Crippen molar-refractivity contribution < 1.29 is 10.0 Å². The Hall–Kier alpha value is -4.55. The molecule has 0 amide bonds. The van der Waals surface area contributed by atoms with Gasteiger partial charge in [-0.05, 0) is 98.6 Å². The summed E-state index contributed by atoms with van der Waals surface area (Å²) in [4.78, 5) is 8.76. The van der Waals surface area contributed by atoms with Crippen LogP contribution in [0.1, 0.15) is 33.4 Å². The number of halogens is 1. The van der Waals surface area contributed by atoms with Crippen molar-refractivity contribution in [1.29, 1.82) is 0 Å². The highest BCUT2D eigenvalue weighted by Crippen LogP contribution is 2.30. The molecule has 46 heavy (non-hydrogen) atoms. The fourth-order valence-electron chi connectivity index (χ4n) is 5.74. The predicted octanol–water partition coefficient (Wildman–Crippen LogP) is 9.03. The fourth-order valence-corrected chi connectivity index (χ4v) is 5.85.